The predicted molar refractivity (Wildman–Crippen MR) is 188 cm³/mol. The van der Waals surface area contributed by atoms with Crippen molar-refractivity contribution in [2.24, 2.45) is 0 Å². The first-order chi connectivity index (χ1) is 21.7. The molecule has 0 fully saturated rings. The highest BCUT2D eigenvalue weighted by Gasteiger charge is 2.14. The van der Waals surface area contributed by atoms with Gasteiger partial charge in [0.2, 0.25) is 0 Å². The molecule has 0 bridgehead atoms. The van der Waals surface area contributed by atoms with Crippen LogP contribution in [0, 0.1) is 6.92 Å². The van der Waals surface area contributed by atoms with Gasteiger partial charge in [0.05, 0.1) is 5.52 Å². The second-order valence-electron chi connectivity index (χ2n) is 11.5. The number of aromatic nitrogens is 2. The Kier molecular flexibility index (Phi) is 5.62. The molecule has 0 spiro atoms. The second kappa shape index (κ2) is 9.84. The number of fused-ring (bicyclic) bond motifs is 9. The maximum atomic E-state index is 5.21. The van der Waals surface area contributed by atoms with E-state index in [1.54, 1.807) is 0 Å². The Hall–Kier alpha value is -5.38. The molecule has 9 rings (SSSR count). The molecule has 0 N–H and O–H groups in total. The number of benzene rings is 7. The smallest absolute Gasteiger partial charge is 0.159 e. The fraction of sp³-hybridized carbons (Fsp3) is 0.0244. The van der Waals surface area contributed by atoms with Gasteiger partial charge < -0.3 is 0 Å². The Balaban J connectivity index is 1.17. The summed E-state index contributed by atoms with van der Waals surface area (Å²) in [4.78, 5) is 10.1. The average molecular weight is 579 g/mol. The van der Waals surface area contributed by atoms with Crippen LogP contribution >= 0.6 is 11.3 Å². The van der Waals surface area contributed by atoms with Gasteiger partial charge in [-0.15, -0.1) is 11.3 Å². The van der Waals surface area contributed by atoms with Crippen LogP contribution in [-0.2, 0) is 0 Å². The summed E-state index contributed by atoms with van der Waals surface area (Å²) in [7, 11) is 0. The first kappa shape index (κ1) is 25.1. The number of aryl methyl sites for hydroxylation is 1. The molecule has 0 unspecified atom stereocenters. The zero-order valence-electron chi connectivity index (χ0n) is 24.1. The summed E-state index contributed by atoms with van der Waals surface area (Å²) in [5.41, 5.74) is 8.05. The van der Waals surface area contributed by atoms with E-state index in [9.17, 15) is 0 Å². The van der Waals surface area contributed by atoms with Crippen LogP contribution in [0.15, 0.2) is 140 Å². The van der Waals surface area contributed by atoms with E-state index >= 15 is 0 Å². The quantitative estimate of drug-likeness (QED) is 0.195. The summed E-state index contributed by atoms with van der Waals surface area (Å²) in [6.45, 7) is 2.14. The minimum absolute atomic E-state index is 0.739. The largest absolute Gasteiger partial charge is 0.236 e. The SMILES string of the molecule is Cc1ccc2c3ccccc3c3cnc(-c4cccc(-c5cccc(-c6cccc7c6sc6ccccc67)c5)c4)nc3c2c1. The third kappa shape index (κ3) is 3.94. The van der Waals surface area contributed by atoms with Gasteiger partial charge >= 0.3 is 0 Å². The van der Waals surface area contributed by atoms with Gasteiger partial charge in [0.25, 0.3) is 0 Å². The summed E-state index contributed by atoms with van der Waals surface area (Å²) in [5, 5.41) is 8.54. The van der Waals surface area contributed by atoms with Crippen LogP contribution in [0.5, 0.6) is 0 Å². The summed E-state index contributed by atoms with van der Waals surface area (Å²) < 4.78 is 2.66. The van der Waals surface area contributed by atoms with Gasteiger partial charge in [-0.05, 0) is 69.6 Å². The molecule has 44 heavy (non-hydrogen) atoms. The molecule has 7 aromatic carbocycles. The Labute approximate surface area is 258 Å². The van der Waals surface area contributed by atoms with Gasteiger partial charge in [0.15, 0.2) is 5.82 Å². The molecular weight excluding hydrogens is 553 g/mol. The average Bonchev–Trinajstić information content (AvgIpc) is 3.47. The monoisotopic (exact) mass is 578 g/mol. The molecule has 0 saturated heterocycles. The molecule has 3 heteroatoms. The van der Waals surface area contributed by atoms with E-state index in [-0.39, 0.29) is 0 Å². The van der Waals surface area contributed by atoms with Crippen molar-refractivity contribution in [3.63, 3.8) is 0 Å². The molecule has 2 nitrogen and oxygen atoms in total. The first-order valence-electron chi connectivity index (χ1n) is 14.9. The predicted octanol–water partition coefficient (Wildman–Crippen LogP) is 11.6. The van der Waals surface area contributed by atoms with Crippen molar-refractivity contribution in [2.75, 3.05) is 0 Å². The minimum atomic E-state index is 0.739. The van der Waals surface area contributed by atoms with E-state index in [0.717, 1.165) is 27.9 Å². The third-order valence-corrected chi connectivity index (χ3v) is 9.98. The Morgan fingerprint density at radius 1 is 0.477 bits per heavy atom. The number of hydrogen-bond acceptors (Lipinski definition) is 3. The van der Waals surface area contributed by atoms with Crippen molar-refractivity contribution in [3.8, 4) is 33.6 Å². The van der Waals surface area contributed by atoms with E-state index in [2.05, 4.69) is 140 Å². The van der Waals surface area contributed by atoms with E-state index in [1.165, 1.54) is 64.0 Å². The molecular formula is C41H26N2S. The Morgan fingerprint density at radius 2 is 1.11 bits per heavy atom. The minimum Gasteiger partial charge on any atom is -0.236 e. The van der Waals surface area contributed by atoms with Crippen molar-refractivity contribution in [1.82, 2.24) is 9.97 Å². The van der Waals surface area contributed by atoms with Gasteiger partial charge in [-0.1, -0.05) is 115 Å². The molecule has 0 aliphatic heterocycles. The van der Waals surface area contributed by atoms with Crippen molar-refractivity contribution in [3.05, 3.63) is 145 Å². The summed E-state index contributed by atoms with van der Waals surface area (Å²) in [6.07, 6.45) is 2.00. The highest BCUT2D eigenvalue weighted by molar-refractivity contribution is 7.26. The van der Waals surface area contributed by atoms with E-state index in [0.29, 0.717) is 0 Å². The van der Waals surface area contributed by atoms with Gasteiger partial charge in [0, 0.05) is 42.7 Å². The first-order valence-corrected chi connectivity index (χ1v) is 15.7. The molecule has 9 aromatic rings. The van der Waals surface area contributed by atoms with Gasteiger partial charge in [0.1, 0.15) is 0 Å². The normalized spacial score (nSPS) is 11.8. The summed E-state index contributed by atoms with van der Waals surface area (Å²) >= 11 is 1.87. The standard InChI is InChI=1S/C41H26N2S/c1-25-19-20-33-31-13-2-3-14-32(31)37-24-42-41(43-39(37)36(33)21-25)29-12-7-10-27(23-29)26-9-6-11-28(22-26)30-16-8-17-35-34-15-4-5-18-38(34)44-40(30)35/h2-24H,1H3. The van der Waals surface area contributed by atoms with Crippen LogP contribution < -0.4 is 0 Å². The topological polar surface area (TPSA) is 25.8 Å². The number of thiophene rings is 1. The molecule has 0 atom stereocenters. The van der Waals surface area contributed by atoms with Gasteiger partial charge in [-0.3, -0.25) is 0 Å². The van der Waals surface area contributed by atoms with Crippen molar-refractivity contribution < 1.29 is 0 Å². The maximum Gasteiger partial charge on any atom is 0.159 e. The van der Waals surface area contributed by atoms with Crippen LogP contribution in [0.4, 0.5) is 0 Å². The summed E-state index contributed by atoms with van der Waals surface area (Å²) in [5.74, 6) is 0.739. The molecule has 2 aromatic heterocycles. The third-order valence-electron chi connectivity index (χ3n) is 8.76. The molecule has 0 aliphatic rings. The maximum absolute atomic E-state index is 5.21. The molecule has 0 amide bonds. The number of nitrogens with zero attached hydrogens (tertiary/aromatic N) is 2. The lowest BCUT2D eigenvalue weighted by Gasteiger charge is -2.12. The molecule has 0 aliphatic carbocycles. The van der Waals surface area contributed by atoms with Crippen LogP contribution in [0.3, 0.4) is 0 Å². The zero-order valence-corrected chi connectivity index (χ0v) is 24.9. The Bertz CT molecular complexity index is 2580. The van der Waals surface area contributed by atoms with Gasteiger partial charge in [-0.25, -0.2) is 9.97 Å². The summed E-state index contributed by atoms with van der Waals surface area (Å²) in [6, 6.07) is 48.1. The molecule has 0 radical (unpaired) electrons. The van der Waals surface area contributed by atoms with Crippen molar-refractivity contribution in [2.45, 2.75) is 6.92 Å². The van der Waals surface area contributed by atoms with Crippen molar-refractivity contribution in [1.29, 1.82) is 0 Å². The number of hydrogen-bond donors (Lipinski definition) is 0. The van der Waals surface area contributed by atoms with Crippen LogP contribution in [0.2, 0.25) is 0 Å². The van der Waals surface area contributed by atoms with E-state index < -0.39 is 0 Å². The van der Waals surface area contributed by atoms with Crippen LogP contribution in [-0.4, -0.2) is 9.97 Å². The second-order valence-corrected chi connectivity index (χ2v) is 12.5. The number of rotatable bonds is 3. The zero-order chi connectivity index (χ0) is 29.2. The van der Waals surface area contributed by atoms with E-state index in [1.807, 2.05) is 17.5 Å². The molecule has 206 valence electrons. The highest BCUT2D eigenvalue weighted by atomic mass is 32.1. The lowest BCUT2D eigenvalue weighted by Crippen LogP contribution is -1.93. The molecule has 0 saturated carbocycles. The molecule has 2 heterocycles. The van der Waals surface area contributed by atoms with Crippen molar-refractivity contribution >= 4 is 64.0 Å². The van der Waals surface area contributed by atoms with Crippen LogP contribution in [0.25, 0.3) is 86.3 Å². The van der Waals surface area contributed by atoms with Gasteiger partial charge in [-0.2, -0.15) is 0 Å². The fourth-order valence-corrected chi connectivity index (χ4v) is 7.88. The fourth-order valence-electron chi connectivity index (χ4n) is 6.64. The Morgan fingerprint density at radius 3 is 1.95 bits per heavy atom. The lowest BCUT2D eigenvalue weighted by molar-refractivity contribution is 1.23. The van der Waals surface area contributed by atoms with E-state index in [4.69, 9.17) is 9.97 Å². The highest BCUT2D eigenvalue weighted by Crippen LogP contribution is 2.41. The lowest BCUT2D eigenvalue weighted by atomic mass is 9.96. The van der Waals surface area contributed by atoms with Crippen LogP contribution in [0.1, 0.15) is 5.56 Å².